The van der Waals surface area contributed by atoms with Crippen molar-refractivity contribution >= 4 is 29.1 Å². The van der Waals surface area contributed by atoms with Crippen molar-refractivity contribution in [1.82, 2.24) is 21.5 Å². The molecule has 0 spiro atoms. The van der Waals surface area contributed by atoms with Crippen LogP contribution < -0.4 is 21.5 Å². The van der Waals surface area contributed by atoms with Crippen LogP contribution in [0.4, 0.5) is 0 Å². The molecule has 2 amide bonds. The minimum absolute atomic E-state index is 0.0116. The first kappa shape index (κ1) is 16.5. The molecule has 0 aromatic carbocycles. The molecule has 4 saturated carbocycles. The zero-order chi connectivity index (χ0) is 16.4. The molecule has 4 bridgehead atoms. The zero-order valence-electron chi connectivity index (χ0n) is 13.6. The molecule has 7 heteroatoms. The first-order valence-electron chi connectivity index (χ1n) is 8.62. The molecule has 4 aliphatic rings. The summed E-state index contributed by atoms with van der Waals surface area (Å²) in [6.45, 7) is 2.59. The Morgan fingerprint density at radius 2 is 1.57 bits per heavy atom. The van der Waals surface area contributed by atoms with Gasteiger partial charge in [-0.15, -0.1) is 0 Å². The van der Waals surface area contributed by atoms with E-state index in [1.54, 1.807) is 0 Å². The average molecular weight is 338 g/mol. The van der Waals surface area contributed by atoms with Gasteiger partial charge in [0.15, 0.2) is 5.11 Å². The molecule has 0 aromatic heterocycles. The molecule has 0 atom stereocenters. The summed E-state index contributed by atoms with van der Waals surface area (Å²) in [5, 5.41) is 6.08. The minimum atomic E-state index is -0.289. The highest BCUT2D eigenvalue weighted by molar-refractivity contribution is 7.80. The number of carbonyl (C=O) groups excluding carboxylic acids is 2. The number of carbonyl (C=O) groups is 2. The van der Waals surface area contributed by atoms with Gasteiger partial charge in [0.25, 0.3) is 5.91 Å². The van der Waals surface area contributed by atoms with Gasteiger partial charge >= 0.3 is 0 Å². The molecular formula is C16H26N4O2S. The summed E-state index contributed by atoms with van der Waals surface area (Å²) >= 11 is 4.96. The second kappa shape index (κ2) is 6.63. The van der Waals surface area contributed by atoms with Crippen LogP contribution in [0.15, 0.2) is 0 Å². The van der Waals surface area contributed by atoms with Gasteiger partial charge in [0.1, 0.15) is 0 Å². The number of thiocarbonyl (C=S) groups is 1. The summed E-state index contributed by atoms with van der Waals surface area (Å²) in [5.41, 5.74) is 4.89. The maximum absolute atomic E-state index is 12.7. The number of hydrazine groups is 1. The van der Waals surface area contributed by atoms with Crippen molar-refractivity contribution in [3.05, 3.63) is 0 Å². The third-order valence-electron chi connectivity index (χ3n) is 5.58. The Kier molecular flexibility index (Phi) is 4.75. The van der Waals surface area contributed by atoms with Gasteiger partial charge in [-0.3, -0.25) is 20.4 Å². The van der Waals surface area contributed by atoms with Crippen LogP contribution in [0.25, 0.3) is 0 Å². The Balaban J connectivity index is 1.46. The second-order valence-corrected chi connectivity index (χ2v) is 7.82. The van der Waals surface area contributed by atoms with E-state index in [1.165, 1.54) is 19.3 Å². The van der Waals surface area contributed by atoms with E-state index in [2.05, 4.69) is 21.5 Å². The highest BCUT2D eigenvalue weighted by Crippen LogP contribution is 2.60. The largest absolute Gasteiger partial charge is 0.362 e. The predicted molar refractivity (Wildman–Crippen MR) is 91.2 cm³/mol. The summed E-state index contributed by atoms with van der Waals surface area (Å²) < 4.78 is 0. The van der Waals surface area contributed by atoms with E-state index >= 15 is 0 Å². The lowest BCUT2D eigenvalue weighted by molar-refractivity contribution is -0.147. The molecule has 6 nitrogen and oxygen atoms in total. The maximum atomic E-state index is 12.7. The van der Waals surface area contributed by atoms with Crippen LogP contribution in [-0.4, -0.2) is 30.0 Å². The van der Waals surface area contributed by atoms with E-state index in [-0.39, 0.29) is 23.8 Å². The Hall–Kier alpha value is -1.37. The average Bonchev–Trinajstić information content (AvgIpc) is 2.49. The third kappa shape index (κ3) is 3.59. The van der Waals surface area contributed by atoms with Crippen LogP contribution in [0, 0.1) is 23.2 Å². The second-order valence-electron chi connectivity index (χ2n) is 7.41. The molecule has 0 unspecified atom stereocenters. The molecule has 4 fully saturated rings. The van der Waals surface area contributed by atoms with Crippen molar-refractivity contribution in [2.24, 2.45) is 23.2 Å². The zero-order valence-corrected chi connectivity index (χ0v) is 14.4. The van der Waals surface area contributed by atoms with Crippen molar-refractivity contribution in [2.45, 2.75) is 45.4 Å². The van der Waals surface area contributed by atoms with Crippen LogP contribution in [0.5, 0.6) is 0 Å². The fourth-order valence-electron chi connectivity index (χ4n) is 5.11. The molecule has 0 saturated heterocycles. The maximum Gasteiger partial charge on any atom is 0.257 e. The normalized spacial score (nSPS) is 33.9. The van der Waals surface area contributed by atoms with Crippen LogP contribution in [0.2, 0.25) is 0 Å². The van der Waals surface area contributed by atoms with Gasteiger partial charge in [-0.05, 0) is 75.4 Å². The Morgan fingerprint density at radius 3 is 2.09 bits per heavy atom. The molecule has 23 heavy (non-hydrogen) atoms. The molecule has 0 radical (unpaired) electrons. The number of hydrogen-bond donors (Lipinski definition) is 4. The minimum Gasteiger partial charge on any atom is -0.362 e. The van der Waals surface area contributed by atoms with Crippen LogP contribution in [-0.2, 0) is 9.59 Å². The van der Waals surface area contributed by atoms with Crippen molar-refractivity contribution < 1.29 is 9.59 Å². The van der Waals surface area contributed by atoms with Crippen molar-refractivity contribution in [3.63, 3.8) is 0 Å². The molecule has 4 N–H and O–H groups in total. The lowest BCUT2D eigenvalue weighted by Gasteiger charge is -2.55. The van der Waals surface area contributed by atoms with Crippen LogP contribution >= 0.6 is 12.2 Å². The molecule has 4 aliphatic carbocycles. The van der Waals surface area contributed by atoms with Crippen molar-refractivity contribution in [2.75, 3.05) is 13.1 Å². The standard InChI is InChI=1S/C16H26N4O2S/c1-2-17-15(23)20-19-13(21)9-18-14(22)16-6-10-3-11(7-16)5-12(4-10)8-16/h10-12H,2-9H2,1H3,(H,18,22)(H,19,21)(H2,17,20,23). The van der Waals surface area contributed by atoms with Crippen molar-refractivity contribution in [3.8, 4) is 0 Å². The molecular weight excluding hydrogens is 312 g/mol. The first-order chi connectivity index (χ1) is 11.0. The third-order valence-corrected chi connectivity index (χ3v) is 5.83. The fourth-order valence-corrected chi connectivity index (χ4v) is 5.31. The van der Waals surface area contributed by atoms with E-state index < -0.39 is 0 Å². The van der Waals surface area contributed by atoms with E-state index in [0.29, 0.717) is 11.7 Å². The van der Waals surface area contributed by atoms with Gasteiger partial charge in [0, 0.05) is 12.0 Å². The van der Waals surface area contributed by atoms with E-state index in [1.807, 2.05) is 6.92 Å². The number of amides is 2. The summed E-state index contributed by atoms with van der Waals surface area (Å²) in [7, 11) is 0. The topological polar surface area (TPSA) is 82.3 Å². The smallest absolute Gasteiger partial charge is 0.257 e. The van der Waals surface area contributed by atoms with Crippen LogP contribution in [0.3, 0.4) is 0 Å². The Labute approximate surface area is 142 Å². The molecule has 4 rings (SSSR count). The number of nitrogens with one attached hydrogen (secondary N) is 4. The van der Waals surface area contributed by atoms with E-state index in [9.17, 15) is 9.59 Å². The Morgan fingerprint density at radius 1 is 1.00 bits per heavy atom. The Bertz CT molecular complexity index is 473. The fraction of sp³-hybridized carbons (Fsp3) is 0.812. The lowest BCUT2D eigenvalue weighted by atomic mass is 9.49. The number of rotatable bonds is 4. The summed E-state index contributed by atoms with van der Waals surface area (Å²) in [6.07, 6.45) is 6.94. The highest BCUT2D eigenvalue weighted by Gasteiger charge is 2.54. The molecule has 0 aliphatic heterocycles. The lowest BCUT2D eigenvalue weighted by Crippen LogP contribution is -2.55. The number of hydrogen-bond acceptors (Lipinski definition) is 3. The van der Waals surface area contributed by atoms with Gasteiger partial charge in [0.2, 0.25) is 5.91 Å². The predicted octanol–water partition coefficient (Wildman–Crippen LogP) is 0.834. The first-order valence-corrected chi connectivity index (χ1v) is 9.02. The quantitative estimate of drug-likeness (QED) is 0.451. The van der Waals surface area contributed by atoms with Gasteiger partial charge in [-0.1, -0.05) is 0 Å². The molecule has 0 heterocycles. The van der Waals surface area contributed by atoms with Gasteiger partial charge in [0.05, 0.1) is 6.54 Å². The summed E-state index contributed by atoms with van der Waals surface area (Å²) in [4.78, 5) is 24.5. The van der Waals surface area contributed by atoms with Crippen LogP contribution in [0.1, 0.15) is 45.4 Å². The molecule has 0 aromatic rings. The van der Waals surface area contributed by atoms with Gasteiger partial charge in [-0.25, -0.2) is 0 Å². The summed E-state index contributed by atoms with van der Waals surface area (Å²) in [5.74, 6) is 1.95. The van der Waals surface area contributed by atoms with Gasteiger partial charge < -0.3 is 10.6 Å². The van der Waals surface area contributed by atoms with Crippen molar-refractivity contribution in [1.29, 1.82) is 0 Å². The molecule has 128 valence electrons. The monoisotopic (exact) mass is 338 g/mol. The SMILES string of the molecule is CCNC(=S)NNC(=O)CNC(=O)C12CC3CC(CC(C3)C1)C2. The van der Waals surface area contributed by atoms with E-state index in [0.717, 1.165) is 37.0 Å². The van der Waals surface area contributed by atoms with E-state index in [4.69, 9.17) is 12.2 Å². The summed E-state index contributed by atoms with van der Waals surface area (Å²) in [6, 6.07) is 0. The highest BCUT2D eigenvalue weighted by atomic mass is 32.1. The van der Waals surface area contributed by atoms with Gasteiger partial charge in [-0.2, -0.15) is 0 Å².